The number of nitrogens with one attached hydrogen (secondary N) is 3. The van der Waals surface area contributed by atoms with Crippen LogP contribution in [0.4, 0.5) is 42.0 Å². The van der Waals surface area contributed by atoms with Crippen LogP contribution < -0.4 is 35.4 Å². The summed E-state index contributed by atoms with van der Waals surface area (Å²) < 4.78 is 50.4. The van der Waals surface area contributed by atoms with Crippen LogP contribution in [0, 0.1) is 5.82 Å². The number of alkyl halides is 2. The Morgan fingerprint density at radius 3 is 2.43 bits per heavy atom. The number of hydrogen-bond acceptors (Lipinski definition) is 12. The minimum atomic E-state index is -3.60. The third-order valence-corrected chi connectivity index (χ3v) is 12.5. The van der Waals surface area contributed by atoms with Gasteiger partial charge in [0, 0.05) is 76.4 Å². The Hall–Kier alpha value is -5.49. The molecule has 3 aromatic rings. The fraction of sp³-hybridized carbons (Fsp3) is 0.535. The Bertz CT molecular complexity index is 2130. The van der Waals surface area contributed by atoms with Crippen molar-refractivity contribution in [2.45, 2.75) is 82.3 Å². The number of amides is 4. The Morgan fingerprint density at radius 1 is 1.02 bits per heavy atom. The molecule has 1 unspecified atom stereocenters. The summed E-state index contributed by atoms with van der Waals surface area (Å²) in [4.78, 5) is 67.6. The van der Waals surface area contributed by atoms with Crippen LogP contribution in [0.1, 0.15) is 74.2 Å². The molecule has 4 heterocycles. The molecule has 3 fully saturated rings. The predicted octanol–water partition coefficient (Wildman–Crippen LogP) is 4.51. The van der Waals surface area contributed by atoms with Gasteiger partial charge in [-0.05, 0) is 88.9 Å². The summed E-state index contributed by atoms with van der Waals surface area (Å²) >= 11 is 0. The lowest BCUT2D eigenvalue weighted by Gasteiger charge is -2.39. The smallest absolute Gasteiger partial charge is 0.342 e. The van der Waals surface area contributed by atoms with Crippen molar-refractivity contribution >= 4 is 52.5 Å². The number of ether oxygens (including phenoxy) is 1. The van der Waals surface area contributed by atoms with Crippen molar-refractivity contribution in [3.05, 3.63) is 59.5 Å². The Balaban J connectivity index is 0.862. The highest BCUT2D eigenvalue weighted by molar-refractivity contribution is 6.02. The molecule has 1 atom stereocenters. The van der Waals surface area contributed by atoms with E-state index in [4.69, 9.17) is 4.74 Å². The zero-order valence-electron chi connectivity index (χ0n) is 35.3. The van der Waals surface area contributed by atoms with Crippen molar-refractivity contribution in [2.75, 3.05) is 87.0 Å². The lowest BCUT2D eigenvalue weighted by Crippen LogP contribution is -2.49. The second-order valence-electron chi connectivity index (χ2n) is 16.7. The summed E-state index contributed by atoms with van der Waals surface area (Å²) in [5.74, 6) is -6.00. The molecule has 1 saturated carbocycles. The van der Waals surface area contributed by atoms with Gasteiger partial charge in [0.1, 0.15) is 17.3 Å². The van der Waals surface area contributed by atoms with E-state index in [1.54, 1.807) is 44.2 Å². The fourth-order valence-electron chi connectivity index (χ4n) is 8.70. The van der Waals surface area contributed by atoms with E-state index in [0.717, 1.165) is 56.8 Å². The average Bonchev–Trinajstić information content (AvgIpc) is 3.31. The molecule has 2 saturated heterocycles. The molecule has 4 amide bonds. The van der Waals surface area contributed by atoms with Crippen molar-refractivity contribution in [3.8, 4) is 5.75 Å². The van der Waals surface area contributed by atoms with E-state index in [-0.39, 0.29) is 59.5 Å². The SMILES string of the molecule is COc1cc(C(=O)NC2CCC(N(C)CCN3CCN(c4ccc(C5CCC(=O)NC5=O)cc4F)CC3)CC2)ccc1Nc1ncc2c(n1)N(C(C)C)CC(F)(F)C(=O)N2C. The first-order valence-corrected chi connectivity index (χ1v) is 21.0. The normalized spacial score (nSPS) is 22.2. The van der Waals surface area contributed by atoms with Crippen LogP contribution >= 0.6 is 0 Å². The van der Waals surface area contributed by atoms with E-state index in [1.807, 2.05) is 4.90 Å². The second-order valence-corrected chi connectivity index (χ2v) is 16.7. The number of aromatic nitrogens is 2. The maximum atomic E-state index is 15.2. The largest absolute Gasteiger partial charge is 0.495 e. The van der Waals surface area contributed by atoms with E-state index < -0.39 is 24.3 Å². The number of halogens is 3. The summed E-state index contributed by atoms with van der Waals surface area (Å²) in [5.41, 5.74) is 2.18. The Labute approximate surface area is 354 Å². The number of piperidine rings is 1. The molecule has 328 valence electrons. The number of imide groups is 1. The van der Waals surface area contributed by atoms with Crippen LogP contribution in [0.3, 0.4) is 0 Å². The maximum Gasteiger partial charge on any atom is 0.342 e. The van der Waals surface area contributed by atoms with Crippen LogP contribution in [0.5, 0.6) is 5.75 Å². The molecule has 15 nitrogen and oxygen atoms in total. The molecule has 0 radical (unpaired) electrons. The van der Waals surface area contributed by atoms with Gasteiger partial charge in [-0.2, -0.15) is 13.8 Å². The lowest BCUT2D eigenvalue weighted by atomic mass is 9.90. The van der Waals surface area contributed by atoms with Crippen LogP contribution in [-0.2, 0) is 14.4 Å². The molecular formula is C43H55F3N10O5. The topological polar surface area (TPSA) is 156 Å². The number of carbonyl (C=O) groups excluding carboxylic acids is 4. The summed E-state index contributed by atoms with van der Waals surface area (Å²) in [6.45, 7) is 7.49. The molecular weight excluding hydrogens is 794 g/mol. The third-order valence-electron chi connectivity index (χ3n) is 12.5. The number of piperazine rings is 1. The zero-order valence-corrected chi connectivity index (χ0v) is 35.3. The van der Waals surface area contributed by atoms with E-state index in [9.17, 15) is 28.0 Å². The van der Waals surface area contributed by atoms with Crippen molar-refractivity contribution in [1.29, 1.82) is 0 Å². The zero-order chi connectivity index (χ0) is 43.6. The van der Waals surface area contributed by atoms with Gasteiger partial charge >= 0.3 is 5.92 Å². The van der Waals surface area contributed by atoms with Crippen molar-refractivity contribution in [2.24, 2.45) is 0 Å². The number of likely N-dealkylation sites (N-methyl/N-ethyl adjacent to an activating group) is 1. The molecule has 7 rings (SSSR count). The standard InChI is InChI=1S/C43H55F3N10O5/c1-26(2)56-25-43(45,46)41(60)53(4)35-24-47-42(51-38(35)56)49-33-13-6-28(23-36(33)61-5)39(58)48-29-8-10-30(11-9-29)52(3)16-17-54-18-20-55(21-19-54)34-14-7-27(22-32(34)44)31-12-15-37(57)50-40(31)59/h6-7,13-14,22-24,26,29-31H,8-12,15-21,25H2,1-5H3,(H,48,58)(H,47,49,51)(H,50,57,59). The highest BCUT2D eigenvalue weighted by Crippen LogP contribution is 2.38. The maximum absolute atomic E-state index is 15.2. The van der Waals surface area contributed by atoms with Gasteiger partial charge in [0.25, 0.3) is 11.8 Å². The molecule has 1 aliphatic carbocycles. The number of methoxy groups -OCH3 is 1. The second kappa shape index (κ2) is 18.2. The van der Waals surface area contributed by atoms with E-state index in [2.05, 4.69) is 42.8 Å². The highest BCUT2D eigenvalue weighted by atomic mass is 19.3. The number of rotatable bonds is 12. The van der Waals surface area contributed by atoms with Gasteiger partial charge < -0.3 is 35.0 Å². The first kappa shape index (κ1) is 43.6. The molecule has 0 spiro atoms. The summed E-state index contributed by atoms with van der Waals surface area (Å²) in [5, 5.41) is 8.61. The Morgan fingerprint density at radius 2 is 1.75 bits per heavy atom. The van der Waals surface area contributed by atoms with Gasteiger partial charge in [0.05, 0.1) is 37.1 Å². The van der Waals surface area contributed by atoms with Gasteiger partial charge in [-0.3, -0.25) is 29.4 Å². The average molecular weight is 849 g/mol. The van der Waals surface area contributed by atoms with Crippen LogP contribution in [0.2, 0.25) is 0 Å². The van der Waals surface area contributed by atoms with Gasteiger partial charge in [-0.25, -0.2) is 9.37 Å². The first-order valence-electron chi connectivity index (χ1n) is 21.0. The minimum absolute atomic E-state index is 0.0294. The lowest BCUT2D eigenvalue weighted by molar-refractivity contribution is -0.140. The van der Waals surface area contributed by atoms with E-state index in [0.29, 0.717) is 53.8 Å². The molecule has 2 aromatic carbocycles. The number of fused-ring (bicyclic) bond motifs is 1. The van der Waals surface area contributed by atoms with Gasteiger partial charge in [0.2, 0.25) is 17.8 Å². The van der Waals surface area contributed by atoms with Crippen LogP contribution in [0.15, 0.2) is 42.6 Å². The first-order chi connectivity index (χ1) is 29.1. The number of carbonyl (C=O) groups is 4. The van der Waals surface area contributed by atoms with Crippen LogP contribution in [-0.4, -0.2) is 134 Å². The molecule has 18 heteroatoms. The van der Waals surface area contributed by atoms with Crippen molar-refractivity contribution < 1.29 is 37.1 Å². The number of anilines is 5. The van der Waals surface area contributed by atoms with Crippen LogP contribution in [0.25, 0.3) is 0 Å². The van der Waals surface area contributed by atoms with E-state index >= 15 is 4.39 Å². The predicted molar refractivity (Wildman–Crippen MR) is 225 cm³/mol. The molecule has 61 heavy (non-hydrogen) atoms. The monoisotopic (exact) mass is 848 g/mol. The molecule has 1 aromatic heterocycles. The van der Waals surface area contributed by atoms with Crippen molar-refractivity contribution in [3.63, 3.8) is 0 Å². The van der Waals surface area contributed by atoms with Crippen molar-refractivity contribution in [1.82, 2.24) is 30.4 Å². The third kappa shape index (κ3) is 9.70. The fourth-order valence-corrected chi connectivity index (χ4v) is 8.70. The number of nitrogens with zero attached hydrogens (tertiary/aromatic N) is 7. The summed E-state index contributed by atoms with van der Waals surface area (Å²) in [6, 6.07) is 10.0. The van der Waals surface area contributed by atoms with Gasteiger partial charge in [-0.15, -0.1) is 0 Å². The molecule has 3 N–H and O–H groups in total. The number of benzene rings is 2. The molecule has 0 bridgehead atoms. The molecule has 3 aliphatic heterocycles. The quantitative estimate of drug-likeness (QED) is 0.220. The Kier molecular flexibility index (Phi) is 13.0. The summed E-state index contributed by atoms with van der Waals surface area (Å²) in [7, 11) is 4.91. The van der Waals surface area contributed by atoms with Gasteiger partial charge in [0.15, 0.2) is 5.82 Å². The molecule has 4 aliphatic rings. The summed E-state index contributed by atoms with van der Waals surface area (Å²) in [6.07, 6.45) is 5.57. The number of hydrogen-bond donors (Lipinski definition) is 3. The highest BCUT2D eigenvalue weighted by Gasteiger charge is 2.47. The minimum Gasteiger partial charge on any atom is -0.495 e. The van der Waals surface area contributed by atoms with E-state index in [1.165, 1.54) is 31.3 Å². The van der Waals surface area contributed by atoms with Gasteiger partial charge in [-0.1, -0.05) is 6.07 Å².